The highest BCUT2D eigenvalue weighted by atomic mass is 32.2. The van der Waals surface area contributed by atoms with Crippen molar-refractivity contribution >= 4 is 10.0 Å². The van der Waals surface area contributed by atoms with E-state index in [1.807, 2.05) is 27.7 Å². The number of benzene rings is 1. The summed E-state index contributed by atoms with van der Waals surface area (Å²) in [6.45, 7) is 11.6. The van der Waals surface area contributed by atoms with E-state index in [-0.39, 0.29) is 16.4 Å². The summed E-state index contributed by atoms with van der Waals surface area (Å²) in [5.74, 6) is 0. The molecule has 0 saturated carbocycles. The van der Waals surface area contributed by atoms with Gasteiger partial charge in [-0.15, -0.1) is 0 Å². The summed E-state index contributed by atoms with van der Waals surface area (Å²) in [6, 6.07) is 6.40. The smallest absolute Gasteiger partial charge is 0.208 e. The fraction of sp³-hybridized carbons (Fsp3) is 0.462. The number of hydrogen-bond acceptors (Lipinski definition) is 2. The second-order valence-electron chi connectivity index (χ2n) is 5.35. The molecule has 0 amide bonds. The van der Waals surface area contributed by atoms with Crippen molar-refractivity contribution in [2.24, 2.45) is 5.41 Å². The lowest BCUT2D eigenvalue weighted by Crippen LogP contribution is -2.41. The molecule has 0 bridgehead atoms. The van der Waals surface area contributed by atoms with Gasteiger partial charge in [-0.25, -0.2) is 13.1 Å². The van der Waals surface area contributed by atoms with Crippen molar-refractivity contribution in [3.05, 3.63) is 36.8 Å². The quantitative estimate of drug-likeness (QED) is 0.901. The minimum absolute atomic E-state index is 0.211. The van der Waals surface area contributed by atoms with E-state index in [4.69, 9.17) is 0 Å². The van der Waals surface area contributed by atoms with Gasteiger partial charge in [-0.3, -0.25) is 0 Å². The molecule has 0 aliphatic carbocycles. The van der Waals surface area contributed by atoms with E-state index >= 15 is 0 Å². The van der Waals surface area contributed by atoms with Gasteiger partial charge in [-0.2, -0.15) is 0 Å². The van der Waals surface area contributed by atoms with Crippen LogP contribution in [0.3, 0.4) is 0 Å². The Morgan fingerprint density at radius 3 is 2.06 bits per heavy atom. The summed E-state index contributed by atoms with van der Waals surface area (Å²) in [5, 5.41) is 0. The number of nitrogens with one attached hydrogen (secondary N) is 1. The zero-order valence-corrected chi connectivity index (χ0v) is 11.6. The molecular weight excluding hydrogens is 234 g/mol. The third-order valence-electron chi connectivity index (χ3n) is 2.67. The van der Waals surface area contributed by atoms with Gasteiger partial charge in [0.05, 0.1) is 4.90 Å². The normalized spacial score (nSPS) is 14.6. The Kier molecular flexibility index (Phi) is 3.99. The highest BCUT2D eigenvalue weighted by Crippen LogP contribution is 2.20. The number of aryl methyl sites for hydroxylation is 1. The van der Waals surface area contributed by atoms with E-state index in [2.05, 4.69) is 11.6 Å². The van der Waals surface area contributed by atoms with E-state index in [9.17, 15) is 8.42 Å². The van der Waals surface area contributed by atoms with Gasteiger partial charge in [0.15, 0.2) is 0 Å². The molecule has 1 rings (SSSR count). The van der Waals surface area contributed by atoms with Crippen molar-refractivity contribution in [3.8, 4) is 0 Å². The van der Waals surface area contributed by atoms with Crippen LogP contribution in [0.4, 0.5) is 0 Å². The maximum atomic E-state index is 12.0. The number of rotatable bonds is 3. The Labute approximate surface area is 104 Å². The maximum Gasteiger partial charge on any atom is 0.240 e. The zero-order chi connectivity index (χ0) is 13.3. The molecule has 0 spiro atoms. The predicted octanol–water partition coefficient (Wildman–Crippen LogP) is 2.52. The Bertz CT molecular complexity index is 469. The highest BCUT2D eigenvalue weighted by molar-refractivity contribution is 7.89. The molecule has 3 nitrogen and oxygen atoms in total. The second-order valence-corrected chi connectivity index (χ2v) is 7.07. The molecule has 0 fully saturated rings. The molecule has 0 aliphatic heterocycles. The Hall–Kier alpha value is -0.870. The molecule has 0 aliphatic rings. The second kappa shape index (κ2) is 4.78. The van der Waals surface area contributed by atoms with Crippen molar-refractivity contribution in [2.45, 2.75) is 38.6 Å². The number of hydrogen-bond donors (Lipinski definition) is 1. The summed E-state index contributed by atoms with van der Waals surface area (Å²) in [6.07, 6.45) is 0. The first-order chi connectivity index (χ1) is 7.63. The topological polar surface area (TPSA) is 46.2 Å². The van der Waals surface area contributed by atoms with Gasteiger partial charge in [0.25, 0.3) is 0 Å². The van der Waals surface area contributed by atoms with Gasteiger partial charge in [0.1, 0.15) is 0 Å². The molecule has 0 aromatic heterocycles. The monoisotopic (exact) mass is 254 g/mol. The Balaban J connectivity index is 2.94. The molecule has 4 heteroatoms. The standard InChI is InChI=1S/C13H20NO2S/c1-10-6-8-12(9-7-10)17(15,16)14-11(2)13(3,4)5/h6-9,11,14H,2H2,1,3-5H3. The van der Waals surface area contributed by atoms with Crippen LogP contribution in [-0.2, 0) is 10.0 Å². The van der Waals surface area contributed by atoms with Crippen molar-refractivity contribution < 1.29 is 8.42 Å². The van der Waals surface area contributed by atoms with E-state index in [0.29, 0.717) is 0 Å². The largest absolute Gasteiger partial charge is 0.240 e. The van der Waals surface area contributed by atoms with Crippen LogP contribution < -0.4 is 4.72 Å². The van der Waals surface area contributed by atoms with E-state index < -0.39 is 10.0 Å². The summed E-state index contributed by atoms with van der Waals surface area (Å²) >= 11 is 0. The molecule has 1 atom stereocenters. The van der Waals surface area contributed by atoms with E-state index in [1.54, 1.807) is 24.3 Å². The average Bonchev–Trinajstić information content (AvgIpc) is 2.16. The molecule has 1 aromatic carbocycles. The van der Waals surface area contributed by atoms with Gasteiger partial charge in [0.2, 0.25) is 10.0 Å². The molecular formula is C13H20NO2S. The summed E-state index contributed by atoms with van der Waals surface area (Å²) < 4.78 is 26.7. The van der Waals surface area contributed by atoms with Crippen molar-refractivity contribution in [3.63, 3.8) is 0 Å². The fourth-order valence-corrected chi connectivity index (χ4v) is 2.51. The zero-order valence-electron chi connectivity index (χ0n) is 10.8. The first-order valence-electron chi connectivity index (χ1n) is 5.55. The number of sulfonamides is 1. The van der Waals surface area contributed by atoms with Crippen LogP contribution in [0.25, 0.3) is 0 Å². The van der Waals surface area contributed by atoms with Crippen LogP contribution in [0.15, 0.2) is 29.2 Å². The third-order valence-corrected chi connectivity index (χ3v) is 4.16. The SMILES string of the molecule is [CH2]C(NS(=O)(=O)c1ccc(C)cc1)C(C)(C)C. The molecule has 17 heavy (non-hydrogen) atoms. The van der Waals surface area contributed by atoms with Crippen LogP contribution in [0.2, 0.25) is 0 Å². The van der Waals surface area contributed by atoms with Crippen molar-refractivity contribution in [1.29, 1.82) is 0 Å². The van der Waals surface area contributed by atoms with Crippen LogP contribution in [-0.4, -0.2) is 14.5 Å². The predicted molar refractivity (Wildman–Crippen MR) is 70.1 cm³/mol. The Morgan fingerprint density at radius 2 is 1.65 bits per heavy atom. The lowest BCUT2D eigenvalue weighted by Gasteiger charge is -2.27. The van der Waals surface area contributed by atoms with Gasteiger partial charge in [0, 0.05) is 6.04 Å². The van der Waals surface area contributed by atoms with Crippen molar-refractivity contribution in [2.75, 3.05) is 0 Å². The molecule has 0 saturated heterocycles. The maximum absolute atomic E-state index is 12.0. The van der Waals surface area contributed by atoms with Crippen LogP contribution in [0.1, 0.15) is 26.3 Å². The molecule has 1 radical (unpaired) electrons. The van der Waals surface area contributed by atoms with Crippen molar-refractivity contribution in [1.82, 2.24) is 4.72 Å². The van der Waals surface area contributed by atoms with Gasteiger partial charge in [-0.05, 0) is 31.4 Å². The Morgan fingerprint density at radius 1 is 1.18 bits per heavy atom. The van der Waals surface area contributed by atoms with Gasteiger partial charge < -0.3 is 0 Å². The van der Waals surface area contributed by atoms with Crippen LogP contribution >= 0.6 is 0 Å². The minimum atomic E-state index is -3.47. The molecule has 1 N–H and O–H groups in total. The van der Waals surface area contributed by atoms with Gasteiger partial charge in [-0.1, -0.05) is 38.5 Å². The lowest BCUT2D eigenvalue weighted by atomic mass is 9.89. The summed E-state index contributed by atoms with van der Waals surface area (Å²) in [4.78, 5) is 0.279. The third kappa shape index (κ3) is 3.82. The minimum Gasteiger partial charge on any atom is -0.208 e. The molecule has 1 aromatic rings. The van der Waals surface area contributed by atoms with Crippen LogP contribution in [0.5, 0.6) is 0 Å². The fourth-order valence-electron chi connectivity index (χ4n) is 1.15. The molecule has 1 unspecified atom stereocenters. The summed E-state index contributed by atoms with van der Waals surface area (Å²) in [7, 11) is -3.47. The van der Waals surface area contributed by atoms with E-state index in [1.165, 1.54) is 0 Å². The van der Waals surface area contributed by atoms with E-state index in [0.717, 1.165) is 5.56 Å². The molecule has 0 heterocycles. The first kappa shape index (κ1) is 14.2. The summed E-state index contributed by atoms with van der Waals surface area (Å²) in [5.41, 5.74) is 0.823. The first-order valence-corrected chi connectivity index (χ1v) is 7.03. The highest BCUT2D eigenvalue weighted by Gasteiger charge is 2.25. The lowest BCUT2D eigenvalue weighted by molar-refractivity contribution is 0.342. The average molecular weight is 254 g/mol. The van der Waals surface area contributed by atoms with Crippen LogP contribution in [0, 0.1) is 19.3 Å². The molecule has 95 valence electrons. The van der Waals surface area contributed by atoms with Gasteiger partial charge >= 0.3 is 0 Å².